The zero-order valence-electron chi connectivity index (χ0n) is 10.3. The summed E-state index contributed by atoms with van der Waals surface area (Å²) in [7, 11) is -3.60. The van der Waals surface area contributed by atoms with E-state index in [1.54, 1.807) is 0 Å². The third-order valence-corrected chi connectivity index (χ3v) is 4.74. The highest BCUT2D eigenvalue weighted by molar-refractivity contribution is 7.90. The van der Waals surface area contributed by atoms with Crippen LogP contribution >= 0.6 is 0 Å². The van der Waals surface area contributed by atoms with Gasteiger partial charge in [0.25, 0.3) is 0 Å². The summed E-state index contributed by atoms with van der Waals surface area (Å²) in [4.78, 5) is 11.5. The van der Waals surface area contributed by atoms with Gasteiger partial charge in [-0.15, -0.1) is 6.58 Å². The van der Waals surface area contributed by atoms with E-state index in [4.69, 9.17) is 0 Å². The normalized spacial score (nSPS) is 27.8. The topological polar surface area (TPSA) is 78.5 Å². The number of hydrogen-bond acceptors (Lipinski definition) is 4. The molecule has 18 heavy (non-hydrogen) atoms. The molecule has 0 bridgehead atoms. The monoisotopic (exact) mass is 273 g/mol. The van der Waals surface area contributed by atoms with E-state index in [1.165, 1.54) is 25.3 Å². The van der Waals surface area contributed by atoms with E-state index >= 15 is 0 Å². The van der Waals surface area contributed by atoms with E-state index in [0.29, 0.717) is 11.8 Å². The largest absolute Gasteiger partial charge is 0.342 e. The lowest BCUT2D eigenvalue weighted by molar-refractivity contribution is 0.195. The average molecular weight is 273 g/mol. The molecule has 1 aliphatic carbocycles. The number of carbonyl (C=O) groups is 1. The first-order valence-electron chi connectivity index (χ1n) is 6.17. The fourth-order valence-electron chi connectivity index (χ4n) is 2.83. The number of nitrogens with one attached hydrogen (secondary N) is 2. The van der Waals surface area contributed by atoms with Gasteiger partial charge in [0.2, 0.25) is 10.0 Å². The summed E-state index contributed by atoms with van der Waals surface area (Å²) in [6.45, 7) is 4.97. The molecule has 1 saturated carbocycles. The summed E-state index contributed by atoms with van der Waals surface area (Å²) in [6.07, 6.45) is 4.93. The molecule has 102 valence electrons. The molecule has 0 radical (unpaired) electrons. The summed E-state index contributed by atoms with van der Waals surface area (Å²) in [5.74, 6) is 1.04. The molecule has 6 nitrogen and oxygen atoms in total. The van der Waals surface area contributed by atoms with Crippen molar-refractivity contribution in [2.75, 3.05) is 18.8 Å². The number of hydrogen-bond donors (Lipinski definition) is 2. The van der Waals surface area contributed by atoms with Gasteiger partial charge in [0.15, 0.2) is 0 Å². The van der Waals surface area contributed by atoms with Crippen LogP contribution in [0.2, 0.25) is 0 Å². The predicted octanol–water partition coefficient (Wildman–Crippen LogP) is 0.448. The van der Waals surface area contributed by atoms with E-state index in [0.717, 1.165) is 13.1 Å². The minimum absolute atomic E-state index is 0.258. The lowest BCUT2D eigenvalue weighted by Crippen LogP contribution is -2.48. The average Bonchev–Trinajstić information content (AvgIpc) is 2.75. The minimum atomic E-state index is -3.60. The molecule has 0 aromatic rings. The Morgan fingerprint density at radius 2 is 1.94 bits per heavy atom. The van der Waals surface area contributed by atoms with E-state index in [1.807, 2.05) is 9.73 Å². The molecule has 0 unspecified atom stereocenters. The fraction of sp³-hybridized carbons (Fsp3) is 0.727. The molecule has 2 fully saturated rings. The SMILES string of the molecule is C=CCS(=O)(=O)NC(=O)NN1C[C@H]2CCC[C@H]2C1. The van der Waals surface area contributed by atoms with Crippen LogP contribution in [0.25, 0.3) is 0 Å². The first-order valence-corrected chi connectivity index (χ1v) is 7.82. The Labute approximate surface area is 107 Å². The Morgan fingerprint density at radius 3 is 2.50 bits per heavy atom. The maximum atomic E-state index is 11.5. The zero-order valence-corrected chi connectivity index (χ0v) is 11.1. The minimum Gasteiger partial charge on any atom is -0.270 e. The maximum Gasteiger partial charge on any atom is 0.342 e. The Balaban J connectivity index is 1.80. The number of nitrogens with zero attached hydrogens (tertiary/aromatic N) is 1. The third kappa shape index (κ3) is 3.23. The van der Waals surface area contributed by atoms with Crippen LogP contribution in [0, 0.1) is 11.8 Å². The molecule has 0 aromatic heterocycles. The second kappa shape index (κ2) is 5.27. The molecule has 0 aromatic carbocycles. The molecular formula is C11H19N3O3S. The Hall–Kier alpha value is -1.08. The number of rotatable bonds is 4. The highest BCUT2D eigenvalue weighted by Gasteiger charge is 2.36. The summed E-state index contributed by atoms with van der Waals surface area (Å²) in [6, 6.07) is -0.683. The Bertz CT molecular complexity index is 423. The van der Waals surface area contributed by atoms with E-state index < -0.39 is 16.1 Å². The van der Waals surface area contributed by atoms with Crippen molar-refractivity contribution < 1.29 is 13.2 Å². The molecule has 2 aliphatic rings. The second-order valence-corrected chi connectivity index (χ2v) is 6.74. The molecule has 1 aliphatic heterocycles. The summed E-state index contributed by atoms with van der Waals surface area (Å²) in [5, 5.41) is 1.81. The van der Waals surface area contributed by atoms with Gasteiger partial charge in [-0.3, -0.25) is 5.43 Å². The van der Waals surface area contributed by atoms with Crippen LogP contribution in [0.5, 0.6) is 0 Å². The maximum absolute atomic E-state index is 11.5. The van der Waals surface area contributed by atoms with Gasteiger partial charge < -0.3 is 0 Å². The Kier molecular flexibility index (Phi) is 3.91. The van der Waals surface area contributed by atoms with Crippen molar-refractivity contribution in [3.05, 3.63) is 12.7 Å². The third-order valence-electron chi connectivity index (χ3n) is 3.57. The van der Waals surface area contributed by atoms with Crippen molar-refractivity contribution in [3.8, 4) is 0 Å². The molecular weight excluding hydrogens is 254 g/mol. The molecule has 1 heterocycles. The predicted molar refractivity (Wildman–Crippen MR) is 68.1 cm³/mol. The van der Waals surface area contributed by atoms with Crippen molar-refractivity contribution in [3.63, 3.8) is 0 Å². The molecule has 1 saturated heterocycles. The summed E-state index contributed by atoms with van der Waals surface area (Å²) < 4.78 is 24.7. The second-order valence-electron chi connectivity index (χ2n) is 4.97. The van der Waals surface area contributed by atoms with Crippen molar-refractivity contribution in [1.82, 2.24) is 15.2 Å². The van der Waals surface area contributed by atoms with E-state index in [9.17, 15) is 13.2 Å². The lowest BCUT2D eigenvalue weighted by Gasteiger charge is -2.18. The van der Waals surface area contributed by atoms with Crippen molar-refractivity contribution >= 4 is 16.1 Å². The summed E-state index contributed by atoms with van der Waals surface area (Å²) >= 11 is 0. The van der Waals surface area contributed by atoms with Crippen LogP contribution in [-0.2, 0) is 10.0 Å². The molecule has 2 amide bonds. The van der Waals surface area contributed by atoms with Gasteiger partial charge in [-0.1, -0.05) is 12.5 Å². The van der Waals surface area contributed by atoms with Crippen LogP contribution in [0.4, 0.5) is 4.79 Å². The van der Waals surface area contributed by atoms with Crippen LogP contribution < -0.4 is 10.1 Å². The molecule has 7 heteroatoms. The number of amides is 2. The van der Waals surface area contributed by atoms with Gasteiger partial charge in [0.05, 0.1) is 5.75 Å². The van der Waals surface area contributed by atoms with Crippen LogP contribution in [-0.4, -0.2) is 38.3 Å². The van der Waals surface area contributed by atoms with E-state index in [-0.39, 0.29) is 5.75 Å². The highest BCUT2D eigenvalue weighted by Crippen LogP contribution is 2.36. The first-order chi connectivity index (χ1) is 8.50. The zero-order chi connectivity index (χ0) is 13.2. The van der Waals surface area contributed by atoms with Crippen molar-refractivity contribution in [2.45, 2.75) is 19.3 Å². The van der Waals surface area contributed by atoms with Gasteiger partial charge in [0.1, 0.15) is 0 Å². The lowest BCUT2D eigenvalue weighted by atomic mass is 10.0. The van der Waals surface area contributed by atoms with Crippen molar-refractivity contribution in [1.29, 1.82) is 0 Å². The standard InChI is InChI=1S/C11H19N3O3S/c1-2-6-18(16,17)13-11(15)12-14-7-9-4-3-5-10(9)8-14/h2,9-10H,1,3-8H2,(H2,12,13,15)/t9-,10+. The number of fused-ring (bicyclic) bond motifs is 1. The smallest absolute Gasteiger partial charge is 0.270 e. The van der Waals surface area contributed by atoms with Gasteiger partial charge in [-0.25, -0.2) is 22.9 Å². The quantitative estimate of drug-likeness (QED) is 0.729. The number of carbonyl (C=O) groups excluding carboxylic acids is 1. The van der Waals surface area contributed by atoms with Gasteiger partial charge in [-0.05, 0) is 24.7 Å². The number of urea groups is 1. The molecule has 0 spiro atoms. The highest BCUT2D eigenvalue weighted by atomic mass is 32.2. The van der Waals surface area contributed by atoms with Crippen molar-refractivity contribution in [2.24, 2.45) is 11.8 Å². The van der Waals surface area contributed by atoms with Gasteiger partial charge in [-0.2, -0.15) is 0 Å². The molecule has 2 N–H and O–H groups in total. The first kappa shape index (κ1) is 13.4. The Morgan fingerprint density at radius 1 is 1.33 bits per heavy atom. The molecule has 2 rings (SSSR count). The van der Waals surface area contributed by atoms with Gasteiger partial charge >= 0.3 is 6.03 Å². The fourth-order valence-corrected chi connectivity index (χ4v) is 3.55. The number of hydrazine groups is 1. The van der Waals surface area contributed by atoms with Crippen LogP contribution in [0.15, 0.2) is 12.7 Å². The van der Waals surface area contributed by atoms with Gasteiger partial charge in [0, 0.05) is 13.1 Å². The summed E-state index contributed by atoms with van der Waals surface area (Å²) in [5.41, 5.74) is 2.59. The molecule has 2 atom stereocenters. The van der Waals surface area contributed by atoms with Crippen LogP contribution in [0.1, 0.15) is 19.3 Å². The van der Waals surface area contributed by atoms with E-state index in [2.05, 4.69) is 12.0 Å². The number of sulfonamides is 1. The van der Waals surface area contributed by atoms with Crippen LogP contribution in [0.3, 0.4) is 0 Å².